The van der Waals surface area contributed by atoms with Gasteiger partial charge in [0.2, 0.25) is 0 Å². The van der Waals surface area contributed by atoms with Crippen LogP contribution in [0.4, 0.5) is 5.69 Å². The van der Waals surface area contributed by atoms with Crippen molar-refractivity contribution in [2.75, 3.05) is 32.8 Å². The number of hydrogen-bond donors (Lipinski definition) is 2. The zero-order valence-corrected chi connectivity index (χ0v) is 21.6. The van der Waals surface area contributed by atoms with Gasteiger partial charge in [-0.1, -0.05) is 18.2 Å². The highest BCUT2D eigenvalue weighted by molar-refractivity contribution is 9.10. The van der Waals surface area contributed by atoms with Crippen LogP contribution in [0.2, 0.25) is 0 Å². The first-order valence-corrected chi connectivity index (χ1v) is 11.7. The van der Waals surface area contributed by atoms with Gasteiger partial charge in [0.15, 0.2) is 29.6 Å². The molecule has 0 spiro atoms. The van der Waals surface area contributed by atoms with Gasteiger partial charge in [0, 0.05) is 11.3 Å². The lowest BCUT2D eigenvalue weighted by atomic mass is 10.2. The van der Waals surface area contributed by atoms with Crippen molar-refractivity contribution in [1.82, 2.24) is 5.43 Å². The number of nitrogens with zero attached hydrogens (tertiary/aromatic N) is 1. The summed E-state index contributed by atoms with van der Waals surface area (Å²) in [5.74, 6) is 1.04. The van der Waals surface area contributed by atoms with E-state index >= 15 is 0 Å². The van der Waals surface area contributed by atoms with Gasteiger partial charge in [0.1, 0.15) is 0 Å². The lowest BCUT2D eigenvalue weighted by Gasteiger charge is -2.13. The van der Waals surface area contributed by atoms with Crippen LogP contribution in [0.25, 0.3) is 0 Å². The molecule has 3 aromatic carbocycles. The van der Waals surface area contributed by atoms with Crippen molar-refractivity contribution in [2.24, 2.45) is 5.10 Å². The van der Waals surface area contributed by atoms with Crippen LogP contribution in [-0.2, 0) is 4.79 Å². The smallest absolute Gasteiger partial charge is 0.271 e. The Morgan fingerprint density at radius 3 is 2.39 bits per heavy atom. The number of ether oxygens (including phenoxy) is 4. The van der Waals surface area contributed by atoms with Gasteiger partial charge in [0.05, 0.1) is 31.5 Å². The molecule has 188 valence electrons. The van der Waals surface area contributed by atoms with Gasteiger partial charge >= 0.3 is 0 Å². The van der Waals surface area contributed by atoms with Gasteiger partial charge in [-0.05, 0) is 70.9 Å². The van der Waals surface area contributed by atoms with Gasteiger partial charge in [-0.25, -0.2) is 5.43 Å². The molecule has 3 aromatic rings. The fourth-order valence-electron chi connectivity index (χ4n) is 3.12. The van der Waals surface area contributed by atoms with Crippen molar-refractivity contribution in [3.8, 4) is 23.0 Å². The minimum Gasteiger partial charge on any atom is -0.493 e. The van der Waals surface area contributed by atoms with Gasteiger partial charge < -0.3 is 24.3 Å². The monoisotopic (exact) mass is 555 g/mol. The van der Waals surface area contributed by atoms with Crippen LogP contribution >= 0.6 is 15.9 Å². The van der Waals surface area contributed by atoms with Crippen LogP contribution in [0.5, 0.6) is 23.0 Å². The molecule has 0 aliphatic rings. The highest BCUT2D eigenvalue weighted by Gasteiger charge is 2.14. The lowest BCUT2D eigenvalue weighted by Crippen LogP contribution is -2.20. The van der Waals surface area contributed by atoms with E-state index in [9.17, 15) is 9.59 Å². The van der Waals surface area contributed by atoms with Gasteiger partial charge in [0.25, 0.3) is 11.8 Å². The highest BCUT2D eigenvalue weighted by atomic mass is 79.9. The maximum Gasteiger partial charge on any atom is 0.271 e. The average Bonchev–Trinajstić information content (AvgIpc) is 2.88. The van der Waals surface area contributed by atoms with Gasteiger partial charge in [-0.15, -0.1) is 0 Å². The van der Waals surface area contributed by atoms with E-state index in [0.717, 1.165) is 0 Å². The van der Waals surface area contributed by atoms with Crippen LogP contribution in [0.1, 0.15) is 22.8 Å². The molecule has 9 nitrogen and oxygen atoms in total. The molecule has 0 saturated carbocycles. The molecule has 36 heavy (non-hydrogen) atoms. The lowest BCUT2D eigenvalue weighted by molar-refractivity contribution is -0.118. The Hall–Kier alpha value is -4.05. The molecule has 0 aliphatic heterocycles. The molecule has 0 aromatic heterocycles. The molecule has 2 amide bonds. The molecule has 2 N–H and O–H groups in total. The van der Waals surface area contributed by atoms with Crippen LogP contribution in [0, 0.1) is 0 Å². The molecule has 0 unspecified atom stereocenters. The minimum absolute atomic E-state index is 0.209. The molecule has 0 atom stereocenters. The summed E-state index contributed by atoms with van der Waals surface area (Å²) in [6, 6.07) is 17.4. The third-order valence-corrected chi connectivity index (χ3v) is 5.35. The van der Waals surface area contributed by atoms with Crippen molar-refractivity contribution >= 4 is 39.6 Å². The maximum absolute atomic E-state index is 12.5. The number of hydrazone groups is 1. The fourth-order valence-corrected chi connectivity index (χ4v) is 3.70. The second-order valence-electron chi connectivity index (χ2n) is 7.23. The zero-order valence-electron chi connectivity index (χ0n) is 20.0. The molecule has 3 rings (SSSR count). The van der Waals surface area contributed by atoms with Crippen molar-refractivity contribution in [2.45, 2.75) is 6.92 Å². The SMILES string of the molecule is CCOc1ccc(C(=O)N/N=C/c2cc(Br)c(OCC(=O)Nc3ccccc3)c(OC)c2)cc1OC. The minimum atomic E-state index is -0.414. The van der Waals surface area contributed by atoms with E-state index in [4.69, 9.17) is 18.9 Å². The number of benzene rings is 3. The molecule has 0 aliphatic carbocycles. The third kappa shape index (κ3) is 7.22. The van der Waals surface area contributed by atoms with E-state index in [2.05, 4.69) is 31.8 Å². The molecule has 0 heterocycles. The largest absolute Gasteiger partial charge is 0.493 e. The number of para-hydroxylation sites is 1. The summed E-state index contributed by atoms with van der Waals surface area (Å²) in [6.07, 6.45) is 1.46. The van der Waals surface area contributed by atoms with Crippen LogP contribution in [-0.4, -0.2) is 45.5 Å². The number of amides is 2. The fraction of sp³-hybridized carbons (Fsp3) is 0.192. The predicted molar refractivity (Wildman–Crippen MR) is 140 cm³/mol. The standard InChI is InChI=1S/C26H26BrN3O6/c1-4-35-21-11-10-18(14-22(21)33-2)26(32)30-28-15-17-12-20(27)25(23(13-17)34-3)36-16-24(31)29-19-8-6-5-7-9-19/h5-15H,4,16H2,1-3H3,(H,29,31)(H,30,32)/b28-15+. The van der Waals surface area contributed by atoms with E-state index in [-0.39, 0.29) is 12.5 Å². The zero-order chi connectivity index (χ0) is 25.9. The van der Waals surface area contributed by atoms with Gasteiger partial charge in [-0.3, -0.25) is 9.59 Å². The van der Waals surface area contributed by atoms with Crippen LogP contribution in [0.3, 0.4) is 0 Å². The first-order chi connectivity index (χ1) is 17.4. The first kappa shape index (κ1) is 26.6. The Bertz CT molecular complexity index is 1230. The van der Waals surface area contributed by atoms with Crippen LogP contribution < -0.4 is 29.7 Å². The van der Waals surface area contributed by atoms with Crippen LogP contribution in [0.15, 0.2) is 70.2 Å². The summed E-state index contributed by atoms with van der Waals surface area (Å²) in [4.78, 5) is 24.7. The number of halogens is 1. The second kappa shape index (κ2) is 13.1. The summed E-state index contributed by atoms with van der Waals surface area (Å²) in [7, 11) is 2.99. The molecule has 0 saturated heterocycles. The Morgan fingerprint density at radius 1 is 0.944 bits per heavy atom. The summed E-state index contributed by atoms with van der Waals surface area (Å²) < 4.78 is 22.4. The third-order valence-electron chi connectivity index (χ3n) is 4.76. The van der Waals surface area contributed by atoms with Crippen molar-refractivity contribution in [3.05, 3.63) is 76.3 Å². The number of methoxy groups -OCH3 is 2. The summed E-state index contributed by atoms with van der Waals surface area (Å²) >= 11 is 3.44. The van der Waals surface area contributed by atoms with E-state index in [1.807, 2.05) is 25.1 Å². The summed E-state index contributed by atoms with van der Waals surface area (Å²) in [5.41, 5.74) is 4.15. The van der Waals surface area contributed by atoms with Crippen molar-refractivity contribution in [1.29, 1.82) is 0 Å². The Kier molecular flexibility index (Phi) is 9.70. The first-order valence-electron chi connectivity index (χ1n) is 10.9. The Balaban J connectivity index is 1.63. The quantitative estimate of drug-likeness (QED) is 0.263. The Morgan fingerprint density at radius 2 is 1.69 bits per heavy atom. The molecule has 0 bridgehead atoms. The number of hydrogen-bond acceptors (Lipinski definition) is 7. The molecular formula is C26H26BrN3O6. The number of carbonyl (C=O) groups is 2. The predicted octanol–water partition coefficient (Wildman–Crippen LogP) is 4.65. The van der Waals surface area contributed by atoms with Crippen molar-refractivity contribution in [3.63, 3.8) is 0 Å². The number of rotatable bonds is 11. The molecule has 0 fully saturated rings. The molecule has 0 radical (unpaired) electrons. The molecular weight excluding hydrogens is 530 g/mol. The van der Waals surface area contributed by atoms with E-state index in [0.29, 0.717) is 50.9 Å². The van der Waals surface area contributed by atoms with E-state index < -0.39 is 5.91 Å². The maximum atomic E-state index is 12.5. The number of nitrogens with one attached hydrogen (secondary N) is 2. The Labute approximate surface area is 217 Å². The van der Waals surface area contributed by atoms with E-state index in [1.54, 1.807) is 42.5 Å². The van der Waals surface area contributed by atoms with Crippen molar-refractivity contribution < 1.29 is 28.5 Å². The van der Waals surface area contributed by atoms with Gasteiger partial charge in [-0.2, -0.15) is 5.10 Å². The average molecular weight is 556 g/mol. The second-order valence-corrected chi connectivity index (χ2v) is 8.09. The number of carbonyl (C=O) groups excluding carboxylic acids is 2. The molecule has 10 heteroatoms. The highest BCUT2D eigenvalue weighted by Crippen LogP contribution is 2.36. The normalized spacial score (nSPS) is 10.6. The van der Waals surface area contributed by atoms with E-state index in [1.165, 1.54) is 20.4 Å². The summed E-state index contributed by atoms with van der Waals surface area (Å²) in [6.45, 7) is 2.14. The number of anilines is 1. The topological polar surface area (TPSA) is 107 Å². The summed E-state index contributed by atoms with van der Waals surface area (Å²) in [5, 5.41) is 6.77.